The molecule has 6 aromatic rings. The molecule has 16 heteroatoms. The Hall–Kier alpha value is -5.84. The molecule has 14 nitrogen and oxygen atoms in total. The van der Waals surface area contributed by atoms with Gasteiger partial charge in [0.2, 0.25) is 11.8 Å². The second-order valence-electron chi connectivity index (χ2n) is 19.1. The Morgan fingerprint density at radius 2 is 1.68 bits per heavy atom. The Balaban J connectivity index is 0.801. The van der Waals surface area contributed by atoms with E-state index < -0.39 is 23.2 Å². The number of phenolic OH excluding ortho intramolecular Hbond substituents is 1. The van der Waals surface area contributed by atoms with Crippen molar-refractivity contribution in [3.8, 4) is 23.0 Å². The lowest BCUT2D eigenvalue weighted by molar-refractivity contribution is -0.134. The molecule has 2 atom stereocenters. The molecule has 4 aliphatic heterocycles. The number of amides is 2. The van der Waals surface area contributed by atoms with Crippen molar-refractivity contribution in [2.75, 3.05) is 57.3 Å². The number of fused-ring (bicyclic) bond motifs is 3. The van der Waals surface area contributed by atoms with Crippen molar-refractivity contribution in [3.63, 3.8) is 0 Å². The van der Waals surface area contributed by atoms with Crippen LogP contribution < -0.4 is 15.0 Å². The fourth-order valence-electron chi connectivity index (χ4n) is 10.9. The number of nitrogens with one attached hydrogen (secondary N) is 1. The molecule has 1 unspecified atom stereocenters. The Bertz CT molecular complexity index is 2850. The molecule has 3 aromatic carbocycles. The van der Waals surface area contributed by atoms with Crippen LogP contribution in [0.2, 0.25) is 0 Å². The maximum Gasteiger partial charge on any atom is 0.319 e. The van der Waals surface area contributed by atoms with Gasteiger partial charge in [-0.05, 0) is 123 Å². The fourth-order valence-corrected chi connectivity index (χ4v) is 10.9. The minimum absolute atomic E-state index is 0.00816. The van der Waals surface area contributed by atoms with E-state index in [0.29, 0.717) is 72.2 Å². The maximum absolute atomic E-state index is 17.1. The number of aromatic nitrogens is 5. The highest BCUT2D eigenvalue weighted by Gasteiger charge is 2.34. The Labute approximate surface area is 382 Å². The summed E-state index contributed by atoms with van der Waals surface area (Å²) >= 11 is 0. The molecule has 346 valence electrons. The van der Waals surface area contributed by atoms with Crippen LogP contribution in [0.4, 0.5) is 14.6 Å². The summed E-state index contributed by atoms with van der Waals surface area (Å²) in [5.41, 5.74) is 2.70. The van der Waals surface area contributed by atoms with Crippen molar-refractivity contribution >= 4 is 50.2 Å². The lowest BCUT2D eigenvalue weighted by atomic mass is 9.88. The van der Waals surface area contributed by atoms with Gasteiger partial charge in [0.15, 0.2) is 5.82 Å². The van der Waals surface area contributed by atoms with E-state index in [4.69, 9.17) is 14.8 Å². The average Bonchev–Trinajstić information content (AvgIpc) is 3.63. The number of ether oxygens (including phenoxy) is 1. The van der Waals surface area contributed by atoms with Gasteiger partial charge in [-0.3, -0.25) is 24.6 Å². The number of rotatable bonds is 10. The van der Waals surface area contributed by atoms with E-state index in [9.17, 15) is 19.8 Å². The zero-order valence-corrected chi connectivity index (χ0v) is 37.8. The molecule has 4 saturated heterocycles. The number of phenols is 1. The van der Waals surface area contributed by atoms with Gasteiger partial charge in [-0.15, -0.1) is 0 Å². The van der Waals surface area contributed by atoms with Gasteiger partial charge >= 0.3 is 6.01 Å². The van der Waals surface area contributed by atoms with Gasteiger partial charge < -0.3 is 29.6 Å². The summed E-state index contributed by atoms with van der Waals surface area (Å²) in [6, 6.07) is 12.4. The molecule has 4 fully saturated rings. The predicted molar refractivity (Wildman–Crippen MR) is 248 cm³/mol. The van der Waals surface area contributed by atoms with Gasteiger partial charge in [0.05, 0.1) is 28.1 Å². The number of piperidine rings is 4. The number of carbonyl (C=O) groups is 2. The predicted octanol–water partition coefficient (Wildman–Crippen LogP) is 6.87. The summed E-state index contributed by atoms with van der Waals surface area (Å²) in [7, 11) is 1.91. The summed E-state index contributed by atoms with van der Waals surface area (Å²) < 4.78 is 40.6. The molecule has 0 radical (unpaired) electrons. The molecule has 0 bridgehead atoms. The zero-order chi connectivity index (χ0) is 45.9. The number of likely N-dealkylation sites (tertiary alicyclic amines) is 2. The number of β-amino-alcohol motifs (C(OH)–C–C–N with tert-alkyl or cyclic N) is 1. The number of halogens is 2. The smallest absolute Gasteiger partial charge is 0.319 e. The number of carbonyl (C=O) groups excluding carboxylic acids is 2. The molecule has 2 amide bonds. The molecule has 66 heavy (non-hydrogen) atoms. The first-order chi connectivity index (χ1) is 31.8. The van der Waals surface area contributed by atoms with Crippen LogP contribution in [0.25, 0.3) is 43.8 Å². The van der Waals surface area contributed by atoms with Crippen LogP contribution in [0.5, 0.6) is 11.8 Å². The first-order valence-electron chi connectivity index (χ1n) is 23.5. The van der Waals surface area contributed by atoms with Gasteiger partial charge in [-0.2, -0.15) is 15.1 Å². The SMILES string of the molecule is CCc1c(F)ccc2cc(O)cc(-c3ncc4c(N5CCC[C@@](C)(O)C5)nc(OC5CCN(CCN6CCC(c7ccc8c(C9CCC(=O)NC9=O)nn(C)c8c7)CC6)CC5)nc4c3F)c12. The minimum Gasteiger partial charge on any atom is -0.508 e. The number of imide groups is 1. The highest BCUT2D eigenvalue weighted by Crippen LogP contribution is 2.40. The number of benzene rings is 3. The van der Waals surface area contributed by atoms with Crippen LogP contribution in [0.15, 0.2) is 48.7 Å². The molecule has 3 aromatic heterocycles. The monoisotopic (exact) mass is 901 g/mol. The van der Waals surface area contributed by atoms with E-state index in [-0.39, 0.29) is 46.5 Å². The Morgan fingerprint density at radius 3 is 2.41 bits per heavy atom. The van der Waals surface area contributed by atoms with E-state index in [1.54, 1.807) is 13.0 Å². The lowest BCUT2D eigenvalue weighted by Gasteiger charge is -2.38. The van der Waals surface area contributed by atoms with Crippen LogP contribution in [-0.4, -0.2) is 121 Å². The summed E-state index contributed by atoms with van der Waals surface area (Å²) in [4.78, 5) is 45.4. The number of nitrogens with zero attached hydrogens (tertiary/aromatic N) is 8. The van der Waals surface area contributed by atoms with Gasteiger partial charge in [0.1, 0.15) is 34.7 Å². The largest absolute Gasteiger partial charge is 0.508 e. The standard InChI is InChI=1S/C50H57F2N9O5/c1-4-34-39(51)10-7-31-24-32(62)26-37(42(31)34)45-43(52)46-38(27-53-45)47(61-17-5-16-50(2,65)28-61)56-49(55-46)66-33-14-20-60(21-15-33)23-22-59-18-12-29(13-19-59)30-6-8-35-40(25-30)58(3)57-44(35)36-9-11-41(63)54-48(36)64/h6-8,10,24-27,29,33,36,62,65H,4-5,9,11-23,28H2,1-3H3,(H,54,63,64)/t36?,50-/m1/s1. The molecule has 0 saturated carbocycles. The average molecular weight is 902 g/mol. The summed E-state index contributed by atoms with van der Waals surface area (Å²) in [6.45, 7) is 10.1. The van der Waals surface area contributed by atoms with Crippen molar-refractivity contribution in [3.05, 3.63) is 77.1 Å². The Kier molecular flexibility index (Phi) is 11.8. The van der Waals surface area contributed by atoms with Gasteiger partial charge in [0, 0.05) is 69.9 Å². The zero-order valence-electron chi connectivity index (χ0n) is 37.8. The second-order valence-corrected chi connectivity index (χ2v) is 19.1. The first kappa shape index (κ1) is 44.0. The number of hydrogen-bond acceptors (Lipinski definition) is 12. The van der Waals surface area contributed by atoms with Crippen LogP contribution in [0.1, 0.15) is 93.9 Å². The Morgan fingerprint density at radius 1 is 0.924 bits per heavy atom. The fraction of sp³-hybridized carbons (Fsp3) is 0.480. The van der Waals surface area contributed by atoms with Crippen molar-refractivity contribution < 1.29 is 33.3 Å². The molecule has 4 aliphatic rings. The molecule has 3 N–H and O–H groups in total. The van der Waals surface area contributed by atoms with Crippen LogP contribution in [0, 0.1) is 11.6 Å². The third-order valence-corrected chi connectivity index (χ3v) is 14.5. The highest BCUT2D eigenvalue weighted by molar-refractivity contribution is 6.03. The first-order valence-corrected chi connectivity index (χ1v) is 23.5. The van der Waals surface area contributed by atoms with E-state index in [0.717, 1.165) is 88.0 Å². The summed E-state index contributed by atoms with van der Waals surface area (Å²) in [5.74, 6) is -1.27. The second kappa shape index (κ2) is 17.8. The van der Waals surface area contributed by atoms with Crippen LogP contribution in [-0.2, 0) is 23.1 Å². The third-order valence-electron chi connectivity index (χ3n) is 14.5. The third kappa shape index (κ3) is 8.54. The van der Waals surface area contributed by atoms with Crippen molar-refractivity contribution in [2.45, 2.75) is 95.2 Å². The molecule has 0 spiro atoms. The minimum atomic E-state index is -0.964. The van der Waals surface area contributed by atoms with Gasteiger partial charge in [0.25, 0.3) is 0 Å². The molecular weight excluding hydrogens is 845 g/mol. The molecule has 10 rings (SSSR count). The number of pyridine rings is 1. The number of aromatic hydroxyl groups is 1. The summed E-state index contributed by atoms with van der Waals surface area (Å²) in [6.07, 6.45) is 7.48. The summed E-state index contributed by atoms with van der Waals surface area (Å²) in [5, 5.41) is 31.4. The van der Waals surface area contributed by atoms with E-state index in [2.05, 4.69) is 43.3 Å². The number of aryl methyl sites for hydroxylation is 2. The van der Waals surface area contributed by atoms with Crippen LogP contribution in [0.3, 0.4) is 0 Å². The number of aliphatic hydroxyl groups is 1. The molecule has 0 aliphatic carbocycles. The van der Waals surface area contributed by atoms with Crippen molar-refractivity contribution in [1.82, 2.24) is 39.8 Å². The van der Waals surface area contributed by atoms with E-state index in [1.807, 2.05) is 23.6 Å². The van der Waals surface area contributed by atoms with Gasteiger partial charge in [-0.1, -0.05) is 25.1 Å². The maximum atomic E-state index is 17.1. The lowest BCUT2D eigenvalue weighted by Crippen LogP contribution is -2.46. The van der Waals surface area contributed by atoms with Crippen LogP contribution >= 0.6 is 0 Å². The normalized spacial score (nSPS) is 21.9. The van der Waals surface area contributed by atoms with Crippen molar-refractivity contribution in [2.24, 2.45) is 7.05 Å². The van der Waals surface area contributed by atoms with E-state index in [1.165, 1.54) is 30.0 Å². The molecule has 7 heterocycles. The van der Waals surface area contributed by atoms with E-state index >= 15 is 8.78 Å². The quantitative estimate of drug-likeness (QED) is 0.123. The van der Waals surface area contributed by atoms with Gasteiger partial charge in [-0.25, -0.2) is 8.78 Å². The topological polar surface area (TPSA) is 162 Å². The highest BCUT2D eigenvalue weighted by atomic mass is 19.1. The number of hydrogen-bond donors (Lipinski definition) is 3. The number of anilines is 1. The van der Waals surface area contributed by atoms with Crippen molar-refractivity contribution in [1.29, 1.82) is 0 Å². The molecular formula is C50H57F2N9O5.